The summed E-state index contributed by atoms with van der Waals surface area (Å²) < 4.78 is 4.96. The minimum Gasteiger partial charge on any atom is -0.460 e. The minimum atomic E-state index is -0.774. The van der Waals surface area contributed by atoms with Crippen molar-refractivity contribution < 1.29 is 14.6 Å². The van der Waals surface area contributed by atoms with Crippen molar-refractivity contribution in [1.82, 2.24) is 0 Å². The first-order chi connectivity index (χ1) is 7.63. The number of carbonyl (C=O) groups excluding carboxylic acids is 1. The van der Waals surface area contributed by atoms with Gasteiger partial charge in [0.05, 0.1) is 0 Å². The fourth-order valence-corrected chi connectivity index (χ4v) is 1.36. The maximum absolute atomic E-state index is 11.3. The van der Waals surface area contributed by atoms with Crippen molar-refractivity contribution in [3.63, 3.8) is 0 Å². The molecule has 0 amide bonds. The van der Waals surface area contributed by atoms with Crippen LogP contribution in [0.2, 0.25) is 5.02 Å². The molecule has 16 heavy (non-hydrogen) atoms. The van der Waals surface area contributed by atoms with E-state index in [1.165, 1.54) is 0 Å². The SMILES string of the molecule is N[C@@H](CCO)C(=O)OCc1cccc(Cl)c1. The molecule has 0 spiro atoms. The van der Waals surface area contributed by atoms with Crippen LogP contribution in [0.25, 0.3) is 0 Å². The Morgan fingerprint density at radius 1 is 1.56 bits per heavy atom. The fraction of sp³-hybridized carbons (Fsp3) is 0.364. The average Bonchev–Trinajstić information content (AvgIpc) is 2.26. The van der Waals surface area contributed by atoms with Gasteiger partial charge in [0.2, 0.25) is 0 Å². The van der Waals surface area contributed by atoms with E-state index in [1.807, 2.05) is 0 Å². The zero-order valence-corrected chi connectivity index (χ0v) is 9.48. The second-order valence-corrected chi connectivity index (χ2v) is 3.79. The molecule has 1 aromatic rings. The Morgan fingerprint density at radius 3 is 2.94 bits per heavy atom. The summed E-state index contributed by atoms with van der Waals surface area (Å²) in [5.74, 6) is -0.519. The molecule has 0 heterocycles. The maximum atomic E-state index is 11.3. The van der Waals surface area contributed by atoms with Gasteiger partial charge >= 0.3 is 5.97 Å². The predicted molar refractivity (Wildman–Crippen MR) is 60.9 cm³/mol. The van der Waals surface area contributed by atoms with Crippen molar-refractivity contribution in [2.45, 2.75) is 19.1 Å². The number of hydrogen-bond donors (Lipinski definition) is 2. The van der Waals surface area contributed by atoms with Gasteiger partial charge in [-0.05, 0) is 24.1 Å². The highest BCUT2D eigenvalue weighted by Gasteiger charge is 2.13. The Hall–Kier alpha value is -1.10. The molecule has 88 valence electrons. The van der Waals surface area contributed by atoms with Crippen LogP contribution in [0.4, 0.5) is 0 Å². The molecule has 0 aliphatic heterocycles. The van der Waals surface area contributed by atoms with E-state index in [9.17, 15) is 4.79 Å². The second-order valence-electron chi connectivity index (χ2n) is 3.36. The van der Waals surface area contributed by atoms with Gasteiger partial charge in [-0.3, -0.25) is 4.79 Å². The number of aliphatic hydroxyl groups excluding tert-OH is 1. The van der Waals surface area contributed by atoms with E-state index < -0.39 is 12.0 Å². The van der Waals surface area contributed by atoms with Crippen molar-refractivity contribution in [1.29, 1.82) is 0 Å². The van der Waals surface area contributed by atoms with Gasteiger partial charge in [-0.1, -0.05) is 23.7 Å². The van der Waals surface area contributed by atoms with Gasteiger partial charge in [0, 0.05) is 11.6 Å². The van der Waals surface area contributed by atoms with Crippen molar-refractivity contribution >= 4 is 17.6 Å². The van der Waals surface area contributed by atoms with E-state index in [0.717, 1.165) is 5.56 Å². The first-order valence-corrected chi connectivity index (χ1v) is 5.29. The highest BCUT2D eigenvalue weighted by Crippen LogP contribution is 2.11. The van der Waals surface area contributed by atoms with Gasteiger partial charge in [-0.2, -0.15) is 0 Å². The van der Waals surface area contributed by atoms with Gasteiger partial charge < -0.3 is 15.6 Å². The molecular formula is C11H14ClNO3. The molecule has 3 N–H and O–H groups in total. The Kier molecular flexibility index (Phi) is 5.25. The number of halogens is 1. The van der Waals surface area contributed by atoms with E-state index in [1.54, 1.807) is 24.3 Å². The van der Waals surface area contributed by atoms with Crippen LogP contribution in [0.3, 0.4) is 0 Å². The van der Waals surface area contributed by atoms with Crippen molar-refractivity contribution in [3.05, 3.63) is 34.9 Å². The third-order valence-corrected chi connectivity index (χ3v) is 2.25. The molecule has 0 bridgehead atoms. The fourth-order valence-electron chi connectivity index (χ4n) is 1.15. The number of esters is 1. The summed E-state index contributed by atoms with van der Waals surface area (Å²) in [5, 5.41) is 9.19. The van der Waals surface area contributed by atoms with Crippen LogP contribution in [0.1, 0.15) is 12.0 Å². The Balaban J connectivity index is 2.42. The molecule has 0 saturated carbocycles. The second kappa shape index (κ2) is 6.48. The van der Waals surface area contributed by atoms with E-state index in [2.05, 4.69) is 0 Å². The normalized spacial score (nSPS) is 12.2. The van der Waals surface area contributed by atoms with E-state index in [-0.39, 0.29) is 19.6 Å². The monoisotopic (exact) mass is 243 g/mol. The number of aliphatic hydroxyl groups is 1. The van der Waals surface area contributed by atoms with Gasteiger partial charge in [-0.15, -0.1) is 0 Å². The number of benzene rings is 1. The van der Waals surface area contributed by atoms with Crippen LogP contribution in [-0.4, -0.2) is 23.7 Å². The molecule has 0 fully saturated rings. The van der Waals surface area contributed by atoms with Crippen molar-refractivity contribution in [3.8, 4) is 0 Å². The molecule has 0 aliphatic rings. The molecule has 1 aromatic carbocycles. The lowest BCUT2D eigenvalue weighted by atomic mass is 10.2. The molecule has 1 rings (SSSR count). The molecule has 0 aliphatic carbocycles. The molecule has 0 radical (unpaired) electrons. The highest BCUT2D eigenvalue weighted by molar-refractivity contribution is 6.30. The van der Waals surface area contributed by atoms with Crippen molar-refractivity contribution in [2.24, 2.45) is 5.73 Å². The zero-order chi connectivity index (χ0) is 12.0. The smallest absolute Gasteiger partial charge is 0.323 e. The van der Waals surface area contributed by atoms with Crippen LogP contribution < -0.4 is 5.73 Å². The minimum absolute atomic E-state index is 0.132. The number of nitrogens with two attached hydrogens (primary N) is 1. The first-order valence-electron chi connectivity index (χ1n) is 4.91. The summed E-state index contributed by atoms with van der Waals surface area (Å²) in [6.07, 6.45) is 0.203. The summed E-state index contributed by atoms with van der Waals surface area (Å²) in [5.41, 5.74) is 6.26. The number of hydrogen-bond acceptors (Lipinski definition) is 4. The van der Waals surface area contributed by atoms with E-state index in [0.29, 0.717) is 5.02 Å². The molecule has 0 aromatic heterocycles. The lowest BCUT2D eigenvalue weighted by molar-refractivity contribution is -0.146. The number of carbonyl (C=O) groups is 1. The van der Waals surface area contributed by atoms with Gasteiger partial charge in [0.1, 0.15) is 12.6 Å². The molecule has 5 heteroatoms. The third-order valence-electron chi connectivity index (χ3n) is 2.01. The summed E-state index contributed by atoms with van der Waals surface area (Å²) in [6, 6.07) is 6.26. The average molecular weight is 244 g/mol. The largest absolute Gasteiger partial charge is 0.460 e. The number of rotatable bonds is 5. The summed E-state index contributed by atoms with van der Waals surface area (Å²) >= 11 is 5.77. The van der Waals surface area contributed by atoms with Crippen LogP contribution in [0, 0.1) is 0 Å². The zero-order valence-electron chi connectivity index (χ0n) is 8.73. The standard InChI is InChI=1S/C11H14ClNO3/c12-9-3-1-2-8(6-9)7-16-11(15)10(13)4-5-14/h1-3,6,10,14H,4-5,7,13H2/t10-/m0/s1. The Labute approximate surface area is 99.0 Å². The molecule has 0 saturated heterocycles. The van der Waals surface area contributed by atoms with Crippen LogP contribution in [0.5, 0.6) is 0 Å². The third kappa shape index (κ3) is 4.18. The van der Waals surface area contributed by atoms with E-state index in [4.69, 9.17) is 27.2 Å². The Bertz CT molecular complexity index is 357. The van der Waals surface area contributed by atoms with E-state index >= 15 is 0 Å². The molecular weight excluding hydrogens is 230 g/mol. The summed E-state index contributed by atoms with van der Waals surface area (Å²) in [7, 11) is 0. The lowest BCUT2D eigenvalue weighted by Gasteiger charge is -2.10. The maximum Gasteiger partial charge on any atom is 0.323 e. The van der Waals surface area contributed by atoms with Crippen molar-refractivity contribution in [2.75, 3.05) is 6.61 Å². The summed E-state index contributed by atoms with van der Waals surface area (Å²) in [6.45, 7) is 0.00591. The van der Waals surface area contributed by atoms with Gasteiger partial charge in [0.25, 0.3) is 0 Å². The molecule has 4 nitrogen and oxygen atoms in total. The topological polar surface area (TPSA) is 72.5 Å². The number of ether oxygens (including phenoxy) is 1. The van der Waals surface area contributed by atoms with Gasteiger partial charge in [0.15, 0.2) is 0 Å². The molecule has 1 atom stereocenters. The van der Waals surface area contributed by atoms with Crippen LogP contribution in [-0.2, 0) is 16.1 Å². The predicted octanol–water partition coefficient (Wildman–Crippen LogP) is 1.09. The van der Waals surface area contributed by atoms with Crippen LogP contribution >= 0.6 is 11.6 Å². The summed E-state index contributed by atoms with van der Waals surface area (Å²) in [4.78, 5) is 11.3. The quantitative estimate of drug-likeness (QED) is 0.760. The van der Waals surface area contributed by atoms with Gasteiger partial charge in [-0.25, -0.2) is 0 Å². The highest BCUT2D eigenvalue weighted by atomic mass is 35.5. The molecule has 0 unspecified atom stereocenters. The lowest BCUT2D eigenvalue weighted by Crippen LogP contribution is -2.33. The Morgan fingerprint density at radius 2 is 2.31 bits per heavy atom. The van der Waals surface area contributed by atoms with Crippen LogP contribution in [0.15, 0.2) is 24.3 Å². The first kappa shape index (κ1) is 13.0.